The van der Waals surface area contributed by atoms with E-state index in [2.05, 4.69) is 10.7 Å². The molecule has 0 saturated carbocycles. The number of ether oxygens (including phenoxy) is 2. The standard InChI is InChI=1S/C29H27FN4O6S/c1-3-39-23-10-6-9-21(16-23)31-25(35)17-24-27(37)33(22-13-11-18(12-14-22)28(38)40-4-2)29(41)34(24)32-26(36)19-7-5-8-20(30)15-19/h5-16,24H,3-4,17H2,1-2H3,(H,31,35)(H,32,36). The van der Waals surface area contributed by atoms with Gasteiger partial charge in [-0.25, -0.2) is 14.2 Å². The molecule has 212 valence electrons. The Morgan fingerprint density at radius 3 is 2.37 bits per heavy atom. The SMILES string of the molecule is CCOC(=O)c1ccc(N2C(=O)C(CC(=O)Nc3cccc(OCC)c3)N(NC(=O)c3cccc(F)c3)C2=S)cc1. The number of thiocarbonyl (C=S) groups is 1. The molecule has 3 aromatic carbocycles. The Bertz CT molecular complexity index is 1480. The molecule has 1 saturated heterocycles. The molecule has 1 heterocycles. The summed E-state index contributed by atoms with van der Waals surface area (Å²) in [7, 11) is 0. The Morgan fingerprint density at radius 2 is 1.68 bits per heavy atom. The second-order valence-electron chi connectivity index (χ2n) is 8.77. The van der Waals surface area contributed by atoms with Crippen LogP contribution in [0, 0.1) is 5.82 Å². The summed E-state index contributed by atoms with van der Waals surface area (Å²) in [6.45, 7) is 4.17. The lowest BCUT2D eigenvalue weighted by Crippen LogP contribution is -2.49. The predicted octanol–water partition coefficient (Wildman–Crippen LogP) is 4.08. The molecule has 3 aromatic rings. The molecule has 2 N–H and O–H groups in total. The molecule has 12 heteroatoms. The average molecular weight is 579 g/mol. The van der Waals surface area contributed by atoms with Crippen LogP contribution in [0.2, 0.25) is 0 Å². The first-order valence-corrected chi connectivity index (χ1v) is 13.2. The van der Waals surface area contributed by atoms with Crippen molar-refractivity contribution >= 4 is 52.4 Å². The third-order valence-corrected chi connectivity index (χ3v) is 6.35. The number of carbonyl (C=O) groups is 4. The zero-order valence-electron chi connectivity index (χ0n) is 22.3. The van der Waals surface area contributed by atoms with E-state index in [1.165, 1.54) is 42.5 Å². The number of hydrogen-bond donors (Lipinski definition) is 2. The van der Waals surface area contributed by atoms with E-state index in [1.54, 1.807) is 31.2 Å². The Morgan fingerprint density at radius 1 is 0.951 bits per heavy atom. The molecule has 1 aliphatic rings. The minimum atomic E-state index is -1.22. The molecule has 1 atom stereocenters. The zero-order valence-corrected chi connectivity index (χ0v) is 23.1. The Hall–Kier alpha value is -4.84. The van der Waals surface area contributed by atoms with Crippen LogP contribution < -0.4 is 20.4 Å². The van der Waals surface area contributed by atoms with Gasteiger partial charge in [-0.2, -0.15) is 0 Å². The Kier molecular flexibility index (Phi) is 9.25. The van der Waals surface area contributed by atoms with E-state index in [0.29, 0.717) is 23.7 Å². The first kappa shape index (κ1) is 29.2. The van der Waals surface area contributed by atoms with E-state index in [0.717, 1.165) is 16.0 Å². The van der Waals surface area contributed by atoms with Gasteiger partial charge >= 0.3 is 5.97 Å². The average Bonchev–Trinajstić information content (AvgIpc) is 3.17. The van der Waals surface area contributed by atoms with Gasteiger partial charge in [0.15, 0.2) is 0 Å². The molecule has 4 rings (SSSR count). The molecule has 3 amide bonds. The highest BCUT2D eigenvalue weighted by atomic mass is 32.1. The number of anilines is 2. The van der Waals surface area contributed by atoms with Crippen molar-refractivity contribution in [3.63, 3.8) is 0 Å². The van der Waals surface area contributed by atoms with Crippen LogP contribution in [-0.4, -0.2) is 53.1 Å². The van der Waals surface area contributed by atoms with E-state index in [9.17, 15) is 23.6 Å². The number of hydrazine groups is 1. The molecule has 0 aliphatic carbocycles. The van der Waals surface area contributed by atoms with Crippen LogP contribution in [0.25, 0.3) is 0 Å². The van der Waals surface area contributed by atoms with E-state index in [1.807, 2.05) is 6.92 Å². The van der Waals surface area contributed by atoms with Crippen LogP contribution in [-0.2, 0) is 14.3 Å². The van der Waals surface area contributed by atoms with Gasteiger partial charge in [0.1, 0.15) is 17.6 Å². The van der Waals surface area contributed by atoms with Gasteiger partial charge < -0.3 is 14.8 Å². The van der Waals surface area contributed by atoms with E-state index in [4.69, 9.17) is 21.7 Å². The largest absolute Gasteiger partial charge is 0.494 e. The van der Waals surface area contributed by atoms with Gasteiger partial charge in [0, 0.05) is 17.3 Å². The van der Waals surface area contributed by atoms with Gasteiger partial charge in [0.25, 0.3) is 11.8 Å². The molecular weight excluding hydrogens is 551 g/mol. The van der Waals surface area contributed by atoms with Crippen molar-refractivity contribution in [3.05, 3.63) is 89.7 Å². The van der Waals surface area contributed by atoms with Crippen LogP contribution in [0.15, 0.2) is 72.8 Å². The summed E-state index contributed by atoms with van der Waals surface area (Å²) in [5, 5.41) is 3.73. The summed E-state index contributed by atoms with van der Waals surface area (Å²) < 4.78 is 24.2. The second kappa shape index (κ2) is 13.0. The quantitative estimate of drug-likeness (QED) is 0.273. The van der Waals surface area contributed by atoms with Crippen LogP contribution in [0.1, 0.15) is 41.0 Å². The van der Waals surface area contributed by atoms with Crippen molar-refractivity contribution in [2.45, 2.75) is 26.3 Å². The summed E-state index contributed by atoms with van der Waals surface area (Å²) in [6.07, 6.45) is -0.376. The molecule has 1 fully saturated rings. The van der Waals surface area contributed by atoms with Crippen molar-refractivity contribution in [1.82, 2.24) is 10.4 Å². The number of hydrogen-bond acceptors (Lipinski definition) is 7. The molecule has 41 heavy (non-hydrogen) atoms. The van der Waals surface area contributed by atoms with Crippen LogP contribution >= 0.6 is 12.2 Å². The third kappa shape index (κ3) is 6.84. The molecule has 10 nitrogen and oxygen atoms in total. The number of rotatable bonds is 10. The smallest absolute Gasteiger partial charge is 0.338 e. The van der Waals surface area contributed by atoms with Crippen LogP contribution in [0.4, 0.5) is 15.8 Å². The van der Waals surface area contributed by atoms with Gasteiger partial charge in [-0.15, -0.1) is 0 Å². The zero-order chi connectivity index (χ0) is 29.5. The van der Waals surface area contributed by atoms with Crippen molar-refractivity contribution in [1.29, 1.82) is 0 Å². The van der Waals surface area contributed by atoms with E-state index in [-0.39, 0.29) is 29.3 Å². The molecule has 0 bridgehead atoms. The fourth-order valence-electron chi connectivity index (χ4n) is 4.12. The summed E-state index contributed by atoms with van der Waals surface area (Å²) in [6, 6.07) is 16.5. The molecule has 1 aliphatic heterocycles. The van der Waals surface area contributed by atoms with E-state index < -0.39 is 35.5 Å². The number of esters is 1. The molecule has 0 aromatic heterocycles. The Labute approximate surface area is 241 Å². The number of amides is 3. The first-order valence-electron chi connectivity index (χ1n) is 12.8. The highest BCUT2D eigenvalue weighted by Gasteiger charge is 2.45. The molecule has 1 unspecified atom stereocenters. The van der Waals surface area contributed by atoms with Crippen molar-refractivity contribution < 1.29 is 33.0 Å². The van der Waals surface area contributed by atoms with Crippen molar-refractivity contribution in [3.8, 4) is 5.75 Å². The normalized spacial score (nSPS) is 14.6. The molecule has 0 radical (unpaired) electrons. The fourth-order valence-corrected chi connectivity index (χ4v) is 4.49. The molecular formula is C29H27FN4O6S. The summed E-state index contributed by atoms with van der Waals surface area (Å²) in [5.41, 5.74) is 3.58. The lowest BCUT2D eigenvalue weighted by atomic mass is 10.1. The van der Waals surface area contributed by atoms with Gasteiger partial charge in [-0.3, -0.25) is 24.7 Å². The maximum Gasteiger partial charge on any atom is 0.338 e. The predicted molar refractivity (Wildman–Crippen MR) is 153 cm³/mol. The van der Waals surface area contributed by atoms with E-state index >= 15 is 0 Å². The highest BCUT2D eigenvalue weighted by Crippen LogP contribution is 2.27. The first-order chi connectivity index (χ1) is 19.7. The summed E-state index contributed by atoms with van der Waals surface area (Å²) in [4.78, 5) is 52.9. The lowest BCUT2D eigenvalue weighted by Gasteiger charge is -2.24. The number of benzene rings is 3. The number of carbonyl (C=O) groups excluding carboxylic acids is 4. The fraction of sp³-hybridized carbons (Fsp3) is 0.207. The molecule has 0 spiro atoms. The highest BCUT2D eigenvalue weighted by molar-refractivity contribution is 7.80. The van der Waals surface area contributed by atoms with Crippen molar-refractivity contribution in [2.24, 2.45) is 0 Å². The number of nitrogens with one attached hydrogen (secondary N) is 2. The number of nitrogens with zero attached hydrogens (tertiary/aromatic N) is 2. The van der Waals surface area contributed by atoms with Gasteiger partial charge in [0.05, 0.1) is 30.9 Å². The minimum absolute atomic E-state index is 0.00608. The lowest BCUT2D eigenvalue weighted by molar-refractivity contribution is -0.124. The van der Waals surface area contributed by atoms with Gasteiger partial charge in [0.2, 0.25) is 11.0 Å². The second-order valence-corrected chi connectivity index (χ2v) is 9.14. The third-order valence-electron chi connectivity index (χ3n) is 5.97. The van der Waals surface area contributed by atoms with Crippen LogP contribution in [0.5, 0.6) is 5.75 Å². The monoisotopic (exact) mass is 578 g/mol. The van der Waals surface area contributed by atoms with Crippen LogP contribution in [0.3, 0.4) is 0 Å². The summed E-state index contributed by atoms with van der Waals surface area (Å²) >= 11 is 5.55. The number of halogens is 1. The Balaban J connectivity index is 1.59. The topological polar surface area (TPSA) is 117 Å². The maximum absolute atomic E-state index is 13.8. The minimum Gasteiger partial charge on any atom is -0.494 e. The van der Waals surface area contributed by atoms with Crippen molar-refractivity contribution in [2.75, 3.05) is 23.4 Å². The van der Waals surface area contributed by atoms with Gasteiger partial charge in [-0.1, -0.05) is 12.1 Å². The summed E-state index contributed by atoms with van der Waals surface area (Å²) in [5.74, 6) is -2.42. The maximum atomic E-state index is 13.8. The van der Waals surface area contributed by atoms with Gasteiger partial charge in [-0.05, 0) is 80.7 Å².